The van der Waals surface area contributed by atoms with Crippen LogP contribution in [0, 0.1) is 6.92 Å². The third kappa shape index (κ3) is 4.44. The smallest absolute Gasteiger partial charge is 0.339 e. The molecule has 5 nitrogen and oxygen atoms in total. The molecule has 0 aliphatic carbocycles. The van der Waals surface area contributed by atoms with Crippen molar-refractivity contribution in [1.29, 1.82) is 0 Å². The number of carbonyl (C=O) groups is 2. The molecule has 0 spiro atoms. The molecule has 112 valence electrons. The van der Waals surface area contributed by atoms with Crippen molar-refractivity contribution < 1.29 is 19.1 Å². The molecule has 1 amide bonds. The minimum atomic E-state index is -1.03. The molecule has 2 rings (SSSR count). The minimum absolute atomic E-state index is 0.0922. The predicted octanol–water partition coefficient (Wildman–Crippen LogP) is 3.36. The predicted molar refractivity (Wildman–Crippen MR) is 82.6 cm³/mol. The summed E-state index contributed by atoms with van der Waals surface area (Å²) < 4.78 is 6.32. The van der Waals surface area contributed by atoms with Crippen molar-refractivity contribution in [2.75, 3.05) is 0 Å². The molecule has 0 saturated carbocycles. The Hall–Kier alpha value is -1.60. The van der Waals surface area contributed by atoms with Gasteiger partial charge in [-0.25, -0.2) is 4.79 Å². The van der Waals surface area contributed by atoms with Crippen LogP contribution in [0.2, 0.25) is 0 Å². The standard InChI is InChI=1S/C14H14BrNO4S/c1-8-12(14(18)19)5-10(20-8)6-16-13(17)3-2-11-4-9(15)7-21-11/h4-5,7H,2-3,6H2,1H3,(H,16,17)(H,18,19). The van der Waals surface area contributed by atoms with Crippen LogP contribution in [0.15, 0.2) is 26.4 Å². The van der Waals surface area contributed by atoms with Gasteiger partial charge in [0.15, 0.2) is 0 Å². The molecular formula is C14H14BrNO4S. The van der Waals surface area contributed by atoms with Crippen LogP contribution < -0.4 is 5.32 Å². The van der Waals surface area contributed by atoms with Crippen LogP contribution in [0.1, 0.15) is 33.2 Å². The highest BCUT2D eigenvalue weighted by molar-refractivity contribution is 9.10. The van der Waals surface area contributed by atoms with Crippen molar-refractivity contribution in [3.8, 4) is 0 Å². The molecule has 0 atom stereocenters. The van der Waals surface area contributed by atoms with E-state index >= 15 is 0 Å². The number of thiophene rings is 1. The SMILES string of the molecule is Cc1oc(CNC(=O)CCc2cc(Br)cs2)cc1C(=O)O. The van der Waals surface area contributed by atoms with E-state index in [9.17, 15) is 9.59 Å². The monoisotopic (exact) mass is 371 g/mol. The van der Waals surface area contributed by atoms with E-state index in [0.717, 1.165) is 9.35 Å². The molecule has 2 aromatic heterocycles. The fourth-order valence-corrected chi connectivity index (χ4v) is 3.29. The number of carboxylic acid groups (broad SMARTS) is 1. The third-order valence-corrected chi connectivity index (χ3v) is 4.64. The molecule has 0 unspecified atom stereocenters. The molecule has 0 saturated heterocycles. The third-order valence-electron chi connectivity index (χ3n) is 2.88. The summed E-state index contributed by atoms with van der Waals surface area (Å²) in [7, 11) is 0. The van der Waals surface area contributed by atoms with E-state index < -0.39 is 5.97 Å². The zero-order valence-corrected chi connectivity index (χ0v) is 13.7. The first-order valence-corrected chi connectivity index (χ1v) is 7.95. The van der Waals surface area contributed by atoms with Crippen LogP contribution in [0.3, 0.4) is 0 Å². The summed E-state index contributed by atoms with van der Waals surface area (Å²) >= 11 is 4.97. The maximum absolute atomic E-state index is 11.7. The molecule has 21 heavy (non-hydrogen) atoms. The van der Waals surface area contributed by atoms with E-state index in [4.69, 9.17) is 9.52 Å². The van der Waals surface area contributed by atoms with Crippen LogP contribution in [-0.4, -0.2) is 17.0 Å². The van der Waals surface area contributed by atoms with Gasteiger partial charge >= 0.3 is 5.97 Å². The second-order valence-electron chi connectivity index (χ2n) is 4.50. The Morgan fingerprint density at radius 3 is 2.76 bits per heavy atom. The Kier molecular flexibility index (Phi) is 5.19. The summed E-state index contributed by atoms with van der Waals surface area (Å²) in [5.41, 5.74) is 0.127. The van der Waals surface area contributed by atoms with Crippen molar-refractivity contribution in [1.82, 2.24) is 5.32 Å². The average Bonchev–Trinajstić information content (AvgIpc) is 3.00. The van der Waals surface area contributed by atoms with Crippen LogP contribution >= 0.6 is 27.3 Å². The molecule has 0 aromatic carbocycles. The van der Waals surface area contributed by atoms with E-state index in [1.807, 2.05) is 11.4 Å². The molecule has 0 radical (unpaired) electrons. The van der Waals surface area contributed by atoms with Gasteiger partial charge in [0.1, 0.15) is 17.1 Å². The number of hydrogen-bond donors (Lipinski definition) is 2. The number of aromatic carboxylic acids is 1. The van der Waals surface area contributed by atoms with Gasteiger partial charge in [0.25, 0.3) is 0 Å². The van der Waals surface area contributed by atoms with Gasteiger partial charge in [0, 0.05) is 21.2 Å². The molecule has 2 N–H and O–H groups in total. The van der Waals surface area contributed by atoms with Crippen molar-refractivity contribution in [2.45, 2.75) is 26.3 Å². The lowest BCUT2D eigenvalue weighted by atomic mass is 10.2. The molecule has 7 heteroatoms. The molecule has 0 bridgehead atoms. The topological polar surface area (TPSA) is 79.5 Å². The fourth-order valence-electron chi connectivity index (χ4n) is 1.84. The Morgan fingerprint density at radius 2 is 2.19 bits per heavy atom. The Bertz CT molecular complexity index is 662. The first-order chi connectivity index (χ1) is 9.95. The maximum Gasteiger partial charge on any atom is 0.339 e. The number of aryl methyl sites for hydroxylation is 2. The molecule has 0 aliphatic heterocycles. The number of furan rings is 1. The van der Waals surface area contributed by atoms with Gasteiger partial charge in [-0.2, -0.15) is 0 Å². The van der Waals surface area contributed by atoms with E-state index in [1.165, 1.54) is 6.07 Å². The highest BCUT2D eigenvalue weighted by atomic mass is 79.9. The van der Waals surface area contributed by atoms with E-state index in [1.54, 1.807) is 18.3 Å². The van der Waals surface area contributed by atoms with E-state index in [-0.39, 0.29) is 18.0 Å². The first kappa shape index (κ1) is 15.8. The maximum atomic E-state index is 11.7. The minimum Gasteiger partial charge on any atom is -0.478 e. The van der Waals surface area contributed by atoms with Gasteiger partial charge in [-0.05, 0) is 41.4 Å². The van der Waals surface area contributed by atoms with Crippen molar-refractivity contribution in [3.05, 3.63) is 43.9 Å². The lowest BCUT2D eigenvalue weighted by molar-refractivity contribution is -0.121. The fraction of sp³-hybridized carbons (Fsp3) is 0.286. The number of amides is 1. The van der Waals surface area contributed by atoms with Crippen molar-refractivity contribution in [2.24, 2.45) is 0 Å². The molecule has 2 heterocycles. The van der Waals surface area contributed by atoms with Crippen LogP contribution in [0.5, 0.6) is 0 Å². The Morgan fingerprint density at radius 1 is 1.43 bits per heavy atom. The largest absolute Gasteiger partial charge is 0.478 e. The molecule has 2 aromatic rings. The number of rotatable bonds is 6. The first-order valence-electron chi connectivity index (χ1n) is 6.28. The van der Waals surface area contributed by atoms with Gasteiger partial charge in [-0.15, -0.1) is 11.3 Å². The average molecular weight is 372 g/mol. The molecule has 0 aliphatic rings. The lowest BCUT2D eigenvalue weighted by Crippen LogP contribution is -2.22. The lowest BCUT2D eigenvalue weighted by Gasteiger charge is -2.02. The van der Waals surface area contributed by atoms with Crippen LogP contribution in [0.4, 0.5) is 0 Å². The van der Waals surface area contributed by atoms with E-state index in [0.29, 0.717) is 24.4 Å². The number of nitrogens with one attached hydrogen (secondary N) is 1. The highest BCUT2D eigenvalue weighted by Gasteiger charge is 2.14. The summed E-state index contributed by atoms with van der Waals surface area (Å²) in [6.45, 7) is 1.78. The second kappa shape index (κ2) is 6.91. The number of hydrogen-bond acceptors (Lipinski definition) is 4. The van der Waals surface area contributed by atoms with Crippen molar-refractivity contribution >= 4 is 39.1 Å². The Labute approximate surface area is 134 Å². The van der Waals surface area contributed by atoms with Gasteiger partial charge in [0.2, 0.25) is 5.91 Å². The zero-order valence-electron chi connectivity index (χ0n) is 11.3. The summed E-state index contributed by atoms with van der Waals surface area (Å²) in [5, 5.41) is 13.6. The van der Waals surface area contributed by atoms with Gasteiger partial charge < -0.3 is 14.8 Å². The summed E-state index contributed by atoms with van der Waals surface area (Å²) in [5.74, 6) is -0.338. The summed E-state index contributed by atoms with van der Waals surface area (Å²) in [6.07, 6.45) is 1.07. The number of halogens is 1. The number of carboxylic acids is 1. The zero-order chi connectivity index (χ0) is 15.4. The van der Waals surface area contributed by atoms with Crippen LogP contribution in [-0.2, 0) is 17.8 Å². The van der Waals surface area contributed by atoms with Crippen molar-refractivity contribution in [3.63, 3.8) is 0 Å². The number of carbonyl (C=O) groups excluding carboxylic acids is 1. The summed E-state index contributed by atoms with van der Waals surface area (Å²) in [6, 6.07) is 3.43. The molecule has 0 fully saturated rings. The van der Waals surface area contributed by atoms with E-state index in [2.05, 4.69) is 21.2 Å². The van der Waals surface area contributed by atoms with Gasteiger partial charge in [-0.3, -0.25) is 4.79 Å². The van der Waals surface area contributed by atoms with Crippen LogP contribution in [0.25, 0.3) is 0 Å². The normalized spacial score (nSPS) is 10.6. The second-order valence-corrected chi connectivity index (χ2v) is 6.41. The van der Waals surface area contributed by atoms with Gasteiger partial charge in [0.05, 0.1) is 6.54 Å². The molecular weight excluding hydrogens is 358 g/mol. The quantitative estimate of drug-likeness (QED) is 0.815. The highest BCUT2D eigenvalue weighted by Crippen LogP contribution is 2.21. The van der Waals surface area contributed by atoms with Gasteiger partial charge in [-0.1, -0.05) is 0 Å². The Balaban J connectivity index is 1.81. The summed E-state index contributed by atoms with van der Waals surface area (Å²) in [4.78, 5) is 23.8.